The predicted octanol–water partition coefficient (Wildman–Crippen LogP) is 2.55. The molecule has 106 valence electrons. The average Bonchev–Trinajstić information content (AvgIpc) is 2.97. The van der Waals surface area contributed by atoms with Crippen molar-refractivity contribution in [2.45, 2.75) is 5.82 Å². The van der Waals surface area contributed by atoms with Crippen LogP contribution < -0.4 is 5.32 Å². The fourth-order valence-corrected chi connectivity index (χ4v) is 3.02. The summed E-state index contributed by atoms with van der Waals surface area (Å²) in [7, 11) is 0. The van der Waals surface area contributed by atoms with Crippen LogP contribution in [0.3, 0.4) is 0 Å². The van der Waals surface area contributed by atoms with E-state index >= 15 is 0 Å². The third-order valence-corrected chi connectivity index (χ3v) is 4.90. The second kappa shape index (κ2) is 8.92. The van der Waals surface area contributed by atoms with Crippen molar-refractivity contribution < 1.29 is 9.59 Å². The van der Waals surface area contributed by atoms with Crippen LogP contribution in [0.5, 0.6) is 0 Å². The molecule has 0 unspecified atom stereocenters. The Kier molecular flexibility index (Phi) is 7.54. The molecule has 7 heteroatoms. The molecule has 0 aliphatic heterocycles. The molecule has 0 saturated heterocycles. The number of allylic oxidation sites excluding steroid dienone is 2. The number of nitrogens with one attached hydrogen (secondary N) is 1. The summed E-state index contributed by atoms with van der Waals surface area (Å²) in [5, 5.41) is 4.50. The first kappa shape index (κ1) is 16.9. The maximum absolute atomic E-state index is 12.0. The second-order valence-electron chi connectivity index (χ2n) is 3.33. The molecule has 1 aromatic rings. The first-order valence-corrected chi connectivity index (χ1v) is 10.2. The van der Waals surface area contributed by atoms with Crippen LogP contribution in [0.2, 0.25) is 5.82 Å². The molecule has 0 radical (unpaired) electrons. The summed E-state index contributed by atoms with van der Waals surface area (Å²) in [6, 6.07) is 3.50. The molecule has 0 fully saturated rings. The Morgan fingerprint density at radius 2 is 2.30 bits per heavy atom. The Labute approximate surface area is 132 Å². The van der Waals surface area contributed by atoms with Gasteiger partial charge in [0.1, 0.15) is 0 Å². The van der Waals surface area contributed by atoms with Gasteiger partial charge in [-0.05, 0) is 0 Å². The molecule has 0 aromatic carbocycles. The zero-order valence-electron chi connectivity index (χ0n) is 11.1. The van der Waals surface area contributed by atoms with E-state index < -0.39 is 0 Å². The third kappa shape index (κ3) is 5.09. The second-order valence-corrected chi connectivity index (χ2v) is 6.79. The number of aliphatic imine (C=N–C) groups is 1. The third-order valence-electron chi connectivity index (χ3n) is 2.06. The summed E-state index contributed by atoms with van der Waals surface area (Å²) < 4.78 is 0.421. The molecule has 1 heterocycles. The van der Waals surface area contributed by atoms with Crippen molar-refractivity contribution in [2.75, 3.05) is 6.26 Å². The van der Waals surface area contributed by atoms with Gasteiger partial charge in [0.05, 0.1) is 0 Å². The molecule has 2 amide bonds. The van der Waals surface area contributed by atoms with Crippen LogP contribution in [-0.2, 0) is 4.79 Å². The molecule has 0 atom stereocenters. The zero-order chi connectivity index (χ0) is 15.0. The maximum atomic E-state index is 12.0. The van der Waals surface area contributed by atoms with E-state index in [1.165, 1.54) is 23.1 Å². The van der Waals surface area contributed by atoms with Crippen molar-refractivity contribution in [3.8, 4) is 0 Å². The van der Waals surface area contributed by atoms with Crippen molar-refractivity contribution in [2.24, 2.45) is 4.99 Å². The summed E-state index contributed by atoms with van der Waals surface area (Å²) in [4.78, 5) is 28.9. The van der Waals surface area contributed by atoms with E-state index in [4.69, 9.17) is 0 Å². The van der Waals surface area contributed by atoms with Crippen molar-refractivity contribution >= 4 is 54.6 Å². The molecule has 1 N–H and O–H groups in total. The fourth-order valence-electron chi connectivity index (χ4n) is 1.17. The topological polar surface area (TPSA) is 58.5 Å². The Hall–Kier alpha value is -1.14. The molecule has 0 aliphatic rings. The van der Waals surface area contributed by atoms with Gasteiger partial charge < -0.3 is 0 Å². The number of nitrogens with zero attached hydrogens (tertiary/aromatic N) is 1. The van der Waals surface area contributed by atoms with Crippen LogP contribution in [0.25, 0.3) is 0 Å². The van der Waals surface area contributed by atoms with Gasteiger partial charge in [-0.2, -0.15) is 0 Å². The van der Waals surface area contributed by atoms with Gasteiger partial charge in [-0.25, -0.2) is 0 Å². The van der Waals surface area contributed by atoms with Gasteiger partial charge in [0.15, 0.2) is 0 Å². The number of carbonyl (C=O) groups excluding carboxylic acids is 2. The number of hydrogen-bond donors (Lipinski definition) is 1. The molecule has 4 nitrogen and oxygen atoms in total. The molecule has 20 heavy (non-hydrogen) atoms. The number of carbonyl (C=O) groups is 2. The van der Waals surface area contributed by atoms with Gasteiger partial charge in [0.2, 0.25) is 0 Å². The van der Waals surface area contributed by atoms with Gasteiger partial charge in [-0.1, -0.05) is 0 Å². The molecule has 1 aromatic heterocycles. The predicted molar refractivity (Wildman–Crippen MR) is 87.6 cm³/mol. The summed E-state index contributed by atoms with van der Waals surface area (Å²) in [5.41, 5.74) is 0. The fraction of sp³-hybridized carbons (Fsp3) is 0.154. The van der Waals surface area contributed by atoms with Crippen LogP contribution >= 0.6 is 23.1 Å². The first-order chi connectivity index (χ1) is 9.62. The normalized spacial score (nSPS) is 12.1. The molecular formula is C13H14N2O2S2Se. The Morgan fingerprint density at radius 1 is 1.55 bits per heavy atom. The van der Waals surface area contributed by atoms with Crippen LogP contribution in [0, 0.1) is 0 Å². The van der Waals surface area contributed by atoms with Gasteiger partial charge in [0, 0.05) is 0 Å². The van der Waals surface area contributed by atoms with E-state index in [0.29, 0.717) is 14.5 Å². The van der Waals surface area contributed by atoms with Crippen molar-refractivity contribution in [3.63, 3.8) is 0 Å². The first-order valence-electron chi connectivity index (χ1n) is 5.51. The molecule has 1 rings (SSSR count). The van der Waals surface area contributed by atoms with Crippen LogP contribution in [0.15, 0.2) is 46.1 Å². The number of amides is 2. The van der Waals surface area contributed by atoms with Gasteiger partial charge in [0.25, 0.3) is 0 Å². The van der Waals surface area contributed by atoms with Gasteiger partial charge >= 0.3 is 133 Å². The molecule has 0 saturated carbocycles. The Balaban J connectivity index is 2.81. The summed E-state index contributed by atoms with van der Waals surface area (Å²) in [5.74, 6) is 1.31. The molecule has 0 spiro atoms. The van der Waals surface area contributed by atoms with E-state index in [1.807, 2.05) is 11.2 Å². The summed E-state index contributed by atoms with van der Waals surface area (Å²) in [6.45, 7) is 3.56. The molecular weight excluding hydrogens is 359 g/mol. The standard InChI is InChI=1S/C13H14N2O2S2Se/c1-4-6-9(18-2)11(16)14-13(20-3)15-12(17)10-7-5-8-19-10/h4-8H,1H2,2-3H3,(H,14,15,16,17)/b9-6-. The van der Waals surface area contributed by atoms with E-state index in [0.717, 1.165) is 0 Å². The van der Waals surface area contributed by atoms with E-state index in [9.17, 15) is 9.59 Å². The van der Waals surface area contributed by atoms with Gasteiger partial charge in [-0.3, -0.25) is 0 Å². The average molecular weight is 373 g/mol. The monoisotopic (exact) mass is 374 g/mol. The summed E-state index contributed by atoms with van der Waals surface area (Å²) in [6.07, 6.45) is 4.98. The Bertz CT molecular complexity index is 551. The summed E-state index contributed by atoms with van der Waals surface area (Å²) >= 11 is 2.57. The molecule has 0 bridgehead atoms. The van der Waals surface area contributed by atoms with Crippen LogP contribution in [0.1, 0.15) is 9.67 Å². The quantitative estimate of drug-likeness (QED) is 0.284. The van der Waals surface area contributed by atoms with Gasteiger partial charge in [-0.15, -0.1) is 0 Å². The van der Waals surface area contributed by atoms with Crippen molar-refractivity contribution in [1.29, 1.82) is 0 Å². The van der Waals surface area contributed by atoms with Crippen molar-refractivity contribution in [3.05, 3.63) is 46.0 Å². The molecule has 0 aliphatic carbocycles. The minimum atomic E-state index is -0.322. The van der Waals surface area contributed by atoms with E-state index in [2.05, 4.69) is 16.9 Å². The zero-order valence-corrected chi connectivity index (χ0v) is 14.4. The number of thiophene rings is 1. The van der Waals surface area contributed by atoms with Crippen molar-refractivity contribution in [1.82, 2.24) is 5.32 Å². The number of amidine groups is 1. The van der Waals surface area contributed by atoms with E-state index in [-0.39, 0.29) is 26.8 Å². The van der Waals surface area contributed by atoms with Crippen LogP contribution in [0.4, 0.5) is 0 Å². The Morgan fingerprint density at radius 3 is 2.80 bits per heavy atom. The number of thioether (sulfide) groups is 1. The van der Waals surface area contributed by atoms with E-state index in [1.54, 1.807) is 30.5 Å². The minimum absolute atomic E-state index is 0.0831. The number of rotatable bonds is 5. The SMILES string of the molecule is C=C/C=C(\SC)C(=O)NC(=NC(=O)c1cccs1)[Se]C. The number of hydrogen-bond acceptors (Lipinski definition) is 4. The van der Waals surface area contributed by atoms with Crippen LogP contribution in [-0.4, -0.2) is 37.8 Å².